The first kappa shape index (κ1) is 19.6. The van der Waals surface area contributed by atoms with E-state index in [1.54, 1.807) is 0 Å². The Bertz CT molecular complexity index is 624. The SMILES string of the molecule is CCCC1CCC2C3CCC4CC5(CCC4C3=CCC12C)OCC(C)(C)CO5. The molecule has 0 aromatic carbocycles. The topological polar surface area (TPSA) is 18.5 Å². The van der Waals surface area contributed by atoms with Crippen molar-refractivity contribution in [2.45, 2.75) is 97.7 Å². The summed E-state index contributed by atoms with van der Waals surface area (Å²) in [6.45, 7) is 11.2. The third kappa shape index (κ3) is 3.04. The summed E-state index contributed by atoms with van der Waals surface area (Å²) in [7, 11) is 0. The largest absolute Gasteiger partial charge is 0.349 e. The lowest BCUT2D eigenvalue weighted by molar-refractivity contribution is -0.319. The molecule has 3 saturated carbocycles. The van der Waals surface area contributed by atoms with Crippen LogP contribution in [0.15, 0.2) is 11.6 Å². The molecular formula is C26H42O2. The molecule has 6 unspecified atom stereocenters. The molecule has 1 aliphatic heterocycles. The Morgan fingerprint density at radius 3 is 2.50 bits per heavy atom. The molecule has 2 heteroatoms. The number of rotatable bonds is 2. The van der Waals surface area contributed by atoms with Gasteiger partial charge in [0.1, 0.15) is 0 Å². The zero-order valence-corrected chi connectivity index (χ0v) is 18.8. The molecule has 28 heavy (non-hydrogen) atoms. The Labute approximate surface area is 172 Å². The molecule has 4 fully saturated rings. The molecule has 5 aliphatic rings. The van der Waals surface area contributed by atoms with Crippen molar-refractivity contribution in [2.75, 3.05) is 13.2 Å². The van der Waals surface area contributed by atoms with E-state index < -0.39 is 0 Å². The summed E-state index contributed by atoms with van der Waals surface area (Å²) in [5.41, 5.74) is 2.64. The van der Waals surface area contributed by atoms with E-state index in [4.69, 9.17) is 9.47 Å². The van der Waals surface area contributed by atoms with Crippen molar-refractivity contribution < 1.29 is 9.47 Å². The molecule has 5 rings (SSSR count). The third-order valence-electron chi connectivity index (χ3n) is 9.64. The molecule has 0 bridgehead atoms. The van der Waals surface area contributed by atoms with Gasteiger partial charge in [0.05, 0.1) is 13.2 Å². The van der Waals surface area contributed by atoms with E-state index in [9.17, 15) is 0 Å². The summed E-state index contributed by atoms with van der Waals surface area (Å²) < 4.78 is 12.8. The van der Waals surface area contributed by atoms with Crippen LogP contribution in [0.5, 0.6) is 0 Å². The van der Waals surface area contributed by atoms with Gasteiger partial charge in [0.2, 0.25) is 0 Å². The Balaban J connectivity index is 1.32. The molecule has 0 aromatic heterocycles. The van der Waals surface area contributed by atoms with E-state index >= 15 is 0 Å². The van der Waals surface area contributed by atoms with Gasteiger partial charge in [0.25, 0.3) is 0 Å². The third-order valence-corrected chi connectivity index (χ3v) is 9.64. The van der Waals surface area contributed by atoms with Gasteiger partial charge in [-0.2, -0.15) is 0 Å². The number of hydrogen-bond donors (Lipinski definition) is 0. The first-order valence-electron chi connectivity index (χ1n) is 12.3. The van der Waals surface area contributed by atoms with Crippen LogP contribution in [-0.2, 0) is 9.47 Å². The fourth-order valence-corrected chi connectivity index (χ4v) is 8.05. The molecule has 6 atom stereocenters. The summed E-state index contributed by atoms with van der Waals surface area (Å²) in [5, 5.41) is 0. The average molecular weight is 387 g/mol. The summed E-state index contributed by atoms with van der Waals surface area (Å²) in [6.07, 6.45) is 16.2. The lowest BCUT2D eigenvalue weighted by Crippen LogP contribution is -2.53. The van der Waals surface area contributed by atoms with Crippen LogP contribution < -0.4 is 0 Å². The van der Waals surface area contributed by atoms with Gasteiger partial charge in [-0.15, -0.1) is 0 Å². The molecule has 4 aliphatic carbocycles. The van der Waals surface area contributed by atoms with Gasteiger partial charge in [0, 0.05) is 18.3 Å². The lowest BCUT2D eigenvalue weighted by Gasteiger charge is -2.55. The maximum Gasteiger partial charge on any atom is 0.168 e. The summed E-state index contributed by atoms with van der Waals surface area (Å²) >= 11 is 0. The van der Waals surface area contributed by atoms with Crippen LogP contribution in [0.2, 0.25) is 0 Å². The number of hydrogen-bond acceptors (Lipinski definition) is 2. The monoisotopic (exact) mass is 386 g/mol. The van der Waals surface area contributed by atoms with E-state index in [1.807, 2.05) is 5.57 Å². The minimum absolute atomic E-state index is 0.174. The highest BCUT2D eigenvalue weighted by atomic mass is 16.7. The van der Waals surface area contributed by atoms with Crippen molar-refractivity contribution in [3.05, 3.63) is 11.6 Å². The number of ether oxygens (including phenoxy) is 2. The van der Waals surface area contributed by atoms with Gasteiger partial charge >= 0.3 is 0 Å². The molecule has 0 aromatic rings. The average Bonchev–Trinajstić information content (AvgIpc) is 3.01. The fourth-order valence-electron chi connectivity index (χ4n) is 8.05. The molecule has 1 heterocycles. The first-order valence-corrected chi connectivity index (χ1v) is 12.3. The van der Waals surface area contributed by atoms with Crippen LogP contribution in [-0.4, -0.2) is 19.0 Å². The first-order chi connectivity index (χ1) is 13.4. The molecule has 0 N–H and O–H groups in total. The van der Waals surface area contributed by atoms with Gasteiger partial charge in [-0.25, -0.2) is 0 Å². The molecule has 2 nitrogen and oxygen atoms in total. The Morgan fingerprint density at radius 2 is 1.75 bits per heavy atom. The zero-order chi connectivity index (χ0) is 19.6. The van der Waals surface area contributed by atoms with Crippen LogP contribution in [0.4, 0.5) is 0 Å². The molecule has 158 valence electrons. The predicted molar refractivity (Wildman–Crippen MR) is 114 cm³/mol. The summed E-state index contributed by atoms with van der Waals surface area (Å²) in [5.74, 6) is 4.18. The van der Waals surface area contributed by atoms with E-state index in [1.165, 1.54) is 51.4 Å². The second-order valence-corrected chi connectivity index (χ2v) is 12.0. The molecule has 1 saturated heterocycles. The van der Waals surface area contributed by atoms with Crippen molar-refractivity contribution >= 4 is 0 Å². The van der Waals surface area contributed by atoms with Crippen LogP contribution in [0.1, 0.15) is 91.9 Å². The highest BCUT2D eigenvalue weighted by Gasteiger charge is 2.55. The van der Waals surface area contributed by atoms with Crippen LogP contribution in [0.3, 0.4) is 0 Å². The van der Waals surface area contributed by atoms with Crippen molar-refractivity contribution in [2.24, 2.45) is 40.4 Å². The normalized spacial score (nSPS) is 46.4. The molecule has 1 spiro atoms. The van der Waals surface area contributed by atoms with Gasteiger partial charge < -0.3 is 9.47 Å². The van der Waals surface area contributed by atoms with E-state index in [0.29, 0.717) is 5.41 Å². The highest BCUT2D eigenvalue weighted by Crippen LogP contribution is 2.63. The van der Waals surface area contributed by atoms with E-state index in [-0.39, 0.29) is 11.2 Å². The minimum atomic E-state index is -0.257. The number of fused-ring (bicyclic) bond motifs is 5. The van der Waals surface area contributed by atoms with Gasteiger partial charge in [-0.1, -0.05) is 52.2 Å². The summed E-state index contributed by atoms with van der Waals surface area (Å²) in [6, 6.07) is 0. The van der Waals surface area contributed by atoms with E-state index in [2.05, 4.69) is 33.8 Å². The smallest absolute Gasteiger partial charge is 0.168 e. The summed E-state index contributed by atoms with van der Waals surface area (Å²) in [4.78, 5) is 0. The lowest BCUT2D eigenvalue weighted by atomic mass is 9.53. The fraction of sp³-hybridized carbons (Fsp3) is 0.923. The quantitative estimate of drug-likeness (QED) is 0.489. The molecular weight excluding hydrogens is 344 g/mol. The number of allylic oxidation sites excluding steroid dienone is 2. The minimum Gasteiger partial charge on any atom is -0.349 e. The zero-order valence-electron chi connectivity index (χ0n) is 18.8. The Hall–Kier alpha value is -0.340. The van der Waals surface area contributed by atoms with Crippen LogP contribution >= 0.6 is 0 Å². The van der Waals surface area contributed by atoms with Gasteiger partial charge in [-0.3, -0.25) is 0 Å². The van der Waals surface area contributed by atoms with Crippen molar-refractivity contribution in [1.82, 2.24) is 0 Å². The van der Waals surface area contributed by atoms with Gasteiger partial charge in [-0.05, 0) is 73.5 Å². The highest BCUT2D eigenvalue weighted by molar-refractivity contribution is 5.25. The van der Waals surface area contributed by atoms with Crippen molar-refractivity contribution in [3.8, 4) is 0 Å². The van der Waals surface area contributed by atoms with Crippen molar-refractivity contribution in [3.63, 3.8) is 0 Å². The van der Waals surface area contributed by atoms with Crippen LogP contribution in [0.25, 0.3) is 0 Å². The van der Waals surface area contributed by atoms with Crippen LogP contribution in [0, 0.1) is 40.4 Å². The Morgan fingerprint density at radius 1 is 0.964 bits per heavy atom. The molecule has 0 radical (unpaired) electrons. The predicted octanol–water partition coefficient (Wildman–Crippen LogP) is 6.74. The standard InChI is InChI=1S/C26H42O2/c1-5-6-19-8-10-23-22-9-7-18-15-26(27-16-24(2,3)17-28-26)14-12-20(18)21(22)11-13-25(19,23)4/h11,18-20,22-23H,5-10,12-17H2,1-4H3. The Kier molecular flexibility index (Phi) is 4.79. The second-order valence-electron chi connectivity index (χ2n) is 12.0. The van der Waals surface area contributed by atoms with Gasteiger partial charge in [0.15, 0.2) is 5.79 Å². The van der Waals surface area contributed by atoms with Crippen molar-refractivity contribution in [1.29, 1.82) is 0 Å². The maximum absolute atomic E-state index is 6.39. The second kappa shape index (κ2) is 6.84. The van der Waals surface area contributed by atoms with E-state index in [0.717, 1.165) is 55.6 Å². The molecule has 0 amide bonds. The maximum atomic E-state index is 6.39.